The maximum atomic E-state index is 5.81. The SMILES string of the molecule is CCN1CCC(OCCOCCOCCOC)CC1. The minimum Gasteiger partial charge on any atom is -0.382 e. The molecule has 1 aliphatic rings. The summed E-state index contributed by atoms with van der Waals surface area (Å²) >= 11 is 0. The molecule has 0 aromatic carbocycles. The zero-order valence-corrected chi connectivity index (χ0v) is 12.4. The lowest BCUT2D eigenvalue weighted by Gasteiger charge is -2.30. The average Bonchev–Trinajstić information content (AvgIpc) is 2.46. The van der Waals surface area contributed by atoms with Gasteiger partial charge in [0.15, 0.2) is 0 Å². The van der Waals surface area contributed by atoms with Crippen molar-refractivity contribution in [3.8, 4) is 0 Å². The van der Waals surface area contributed by atoms with Crippen molar-refractivity contribution in [1.82, 2.24) is 4.90 Å². The van der Waals surface area contributed by atoms with Crippen LogP contribution < -0.4 is 0 Å². The Balaban J connectivity index is 1.81. The normalized spacial score (nSPS) is 18.0. The smallest absolute Gasteiger partial charge is 0.0704 e. The molecule has 0 aromatic heterocycles. The minimum atomic E-state index is 0.421. The van der Waals surface area contributed by atoms with Gasteiger partial charge in [-0.3, -0.25) is 0 Å². The van der Waals surface area contributed by atoms with Crippen LogP contribution in [0.5, 0.6) is 0 Å². The van der Waals surface area contributed by atoms with Gasteiger partial charge in [-0.25, -0.2) is 0 Å². The first-order valence-electron chi connectivity index (χ1n) is 7.35. The van der Waals surface area contributed by atoms with E-state index in [-0.39, 0.29) is 0 Å². The van der Waals surface area contributed by atoms with Gasteiger partial charge in [0, 0.05) is 20.2 Å². The van der Waals surface area contributed by atoms with Gasteiger partial charge < -0.3 is 23.8 Å². The summed E-state index contributed by atoms with van der Waals surface area (Å²) in [6.07, 6.45) is 2.71. The highest BCUT2D eigenvalue weighted by Gasteiger charge is 2.17. The van der Waals surface area contributed by atoms with Crippen molar-refractivity contribution in [2.45, 2.75) is 25.9 Å². The summed E-state index contributed by atoms with van der Waals surface area (Å²) in [6, 6.07) is 0. The summed E-state index contributed by atoms with van der Waals surface area (Å²) in [7, 11) is 1.67. The van der Waals surface area contributed by atoms with Crippen LogP contribution in [0.4, 0.5) is 0 Å². The Kier molecular flexibility index (Phi) is 10.3. The van der Waals surface area contributed by atoms with E-state index in [4.69, 9.17) is 18.9 Å². The van der Waals surface area contributed by atoms with Gasteiger partial charge in [-0.2, -0.15) is 0 Å². The van der Waals surface area contributed by atoms with E-state index < -0.39 is 0 Å². The van der Waals surface area contributed by atoms with E-state index in [2.05, 4.69) is 11.8 Å². The lowest BCUT2D eigenvalue weighted by atomic mass is 10.1. The third-order valence-electron chi connectivity index (χ3n) is 3.37. The second kappa shape index (κ2) is 11.6. The molecule has 1 rings (SSSR count). The molecule has 0 radical (unpaired) electrons. The molecule has 1 saturated heterocycles. The second-order valence-corrected chi connectivity index (χ2v) is 4.72. The van der Waals surface area contributed by atoms with Gasteiger partial charge in [-0.1, -0.05) is 6.92 Å². The van der Waals surface area contributed by atoms with Crippen LogP contribution in [0.1, 0.15) is 19.8 Å². The lowest BCUT2D eigenvalue weighted by Crippen LogP contribution is -2.37. The van der Waals surface area contributed by atoms with Crippen molar-refractivity contribution in [1.29, 1.82) is 0 Å². The zero-order chi connectivity index (χ0) is 13.8. The highest BCUT2D eigenvalue weighted by atomic mass is 16.6. The third-order valence-corrected chi connectivity index (χ3v) is 3.37. The maximum Gasteiger partial charge on any atom is 0.0704 e. The van der Waals surface area contributed by atoms with Crippen LogP contribution in [-0.4, -0.2) is 77.4 Å². The standard InChI is InChI=1S/C14H29NO4/c1-3-15-6-4-14(5-7-15)19-13-12-18-11-10-17-9-8-16-2/h14H,3-13H2,1-2H3. The number of hydrogen-bond acceptors (Lipinski definition) is 5. The van der Waals surface area contributed by atoms with Gasteiger partial charge in [0.25, 0.3) is 0 Å². The maximum absolute atomic E-state index is 5.81. The van der Waals surface area contributed by atoms with Crippen molar-refractivity contribution in [2.75, 3.05) is 66.4 Å². The van der Waals surface area contributed by atoms with E-state index in [0.29, 0.717) is 45.7 Å². The van der Waals surface area contributed by atoms with E-state index in [1.54, 1.807) is 7.11 Å². The molecular formula is C14H29NO4. The molecule has 0 spiro atoms. The van der Waals surface area contributed by atoms with Crippen molar-refractivity contribution in [3.05, 3.63) is 0 Å². The molecule has 0 aliphatic carbocycles. The number of nitrogens with zero attached hydrogens (tertiary/aromatic N) is 1. The Bertz CT molecular complexity index is 196. The Morgan fingerprint density at radius 1 is 0.895 bits per heavy atom. The van der Waals surface area contributed by atoms with Crippen LogP contribution >= 0.6 is 0 Å². The van der Waals surface area contributed by atoms with Gasteiger partial charge in [0.1, 0.15) is 0 Å². The lowest BCUT2D eigenvalue weighted by molar-refractivity contribution is -0.0329. The molecule has 5 heteroatoms. The van der Waals surface area contributed by atoms with Crippen LogP contribution in [0.3, 0.4) is 0 Å². The predicted octanol–water partition coefficient (Wildman–Crippen LogP) is 1.17. The number of likely N-dealkylation sites (tertiary alicyclic amines) is 1. The van der Waals surface area contributed by atoms with E-state index in [9.17, 15) is 0 Å². The molecule has 19 heavy (non-hydrogen) atoms. The molecular weight excluding hydrogens is 246 g/mol. The molecule has 0 N–H and O–H groups in total. The van der Waals surface area contributed by atoms with E-state index >= 15 is 0 Å². The molecule has 0 unspecified atom stereocenters. The van der Waals surface area contributed by atoms with Gasteiger partial charge in [0.05, 0.1) is 45.7 Å². The Labute approximate surface area is 117 Å². The Morgan fingerprint density at radius 3 is 2.05 bits per heavy atom. The Morgan fingerprint density at radius 2 is 1.47 bits per heavy atom. The largest absolute Gasteiger partial charge is 0.382 e. The van der Waals surface area contributed by atoms with Gasteiger partial charge in [0.2, 0.25) is 0 Å². The van der Waals surface area contributed by atoms with Crippen LogP contribution in [0.2, 0.25) is 0 Å². The number of ether oxygens (including phenoxy) is 4. The third kappa shape index (κ3) is 8.55. The van der Waals surface area contributed by atoms with Gasteiger partial charge >= 0.3 is 0 Å². The van der Waals surface area contributed by atoms with Crippen LogP contribution in [0, 0.1) is 0 Å². The predicted molar refractivity (Wildman–Crippen MR) is 74.6 cm³/mol. The van der Waals surface area contributed by atoms with Crippen molar-refractivity contribution in [3.63, 3.8) is 0 Å². The van der Waals surface area contributed by atoms with Crippen molar-refractivity contribution in [2.24, 2.45) is 0 Å². The molecule has 0 aromatic rings. The summed E-state index contributed by atoms with van der Waals surface area (Å²) in [5.74, 6) is 0. The number of piperidine rings is 1. The van der Waals surface area contributed by atoms with Gasteiger partial charge in [-0.05, 0) is 19.4 Å². The first-order valence-corrected chi connectivity index (χ1v) is 7.35. The van der Waals surface area contributed by atoms with Crippen molar-refractivity contribution < 1.29 is 18.9 Å². The molecule has 0 saturated carbocycles. The molecule has 5 nitrogen and oxygen atoms in total. The minimum absolute atomic E-state index is 0.421. The summed E-state index contributed by atoms with van der Waals surface area (Å²) in [5, 5.41) is 0. The quantitative estimate of drug-likeness (QED) is 0.529. The molecule has 1 aliphatic heterocycles. The highest BCUT2D eigenvalue weighted by Crippen LogP contribution is 2.12. The molecule has 1 heterocycles. The van der Waals surface area contributed by atoms with E-state index in [1.807, 2.05) is 0 Å². The number of hydrogen-bond donors (Lipinski definition) is 0. The highest BCUT2D eigenvalue weighted by molar-refractivity contribution is 4.71. The summed E-state index contributed by atoms with van der Waals surface area (Å²) in [5.41, 5.74) is 0. The molecule has 0 bridgehead atoms. The summed E-state index contributed by atoms with van der Waals surface area (Å²) in [4.78, 5) is 2.47. The van der Waals surface area contributed by atoms with E-state index in [1.165, 1.54) is 0 Å². The molecule has 0 amide bonds. The fourth-order valence-corrected chi connectivity index (χ4v) is 2.13. The summed E-state index contributed by atoms with van der Waals surface area (Å²) < 4.78 is 21.4. The van der Waals surface area contributed by atoms with Crippen LogP contribution in [-0.2, 0) is 18.9 Å². The topological polar surface area (TPSA) is 40.2 Å². The first kappa shape index (κ1) is 16.9. The van der Waals surface area contributed by atoms with Crippen molar-refractivity contribution >= 4 is 0 Å². The van der Waals surface area contributed by atoms with Crippen LogP contribution in [0.15, 0.2) is 0 Å². The average molecular weight is 275 g/mol. The van der Waals surface area contributed by atoms with Gasteiger partial charge in [-0.15, -0.1) is 0 Å². The second-order valence-electron chi connectivity index (χ2n) is 4.72. The Hall–Kier alpha value is -0.200. The molecule has 0 atom stereocenters. The van der Waals surface area contributed by atoms with Crippen LogP contribution in [0.25, 0.3) is 0 Å². The zero-order valence-electron chi connectivity index (χ0n) is 12.4. The molecule has 114 valence electrons. The number of methoxy groups -OCH3 is 1. The first-order chi connectivity index (χ1) is 9.36. The fraction of sp³-hybridized carbons (Fsp3) is 1.00. The monoisotopic (exact) mass is 275 g/mol. The number of rotatable bonds is 11. The fourth-order valence-electron chi connectivity index (χ4n) is 2.13. The van der Waals surface area contributed by atoms with E-state index in [0.717, 1.165) is 32.5 Å². The molecule has 1 fully saturated rings. The summed E-state index contributed by atoms with van der Waals surface area (Å²) in [6.45, 7) is 9.55.